The third-order valence-electron chi connectivity index (χ3n) is 2.49. The van der Waals surface area contributed by atoms with Crippen LogP contribution in [0.1, 0.15) is 19.2 Å². The molecule has 0 unspecified atom stereocenters. The molecular formula is C12H14ClN3O. The predicted molar refractivity (Wildman–Crippen MR) is 66.9 cm³/mol. The summed E-state index contributed by atoms with van der Waals surface area (Å²) in [5.41, 5.74) is 0.948. The minimum absolute atomic E-state index is 0.388. The van der Waals surface area contributed by atoms with Gasteiger partial charge in [0.15, 0.2) is 0 Å². The van der Waals surface area contributed by atoms with Gasteiger partial charge in [0.25, 0.3) is 0 Å². The summed E-state index contributed by atoms with van der Waals surface area (Å²) >= 11 is 6.05. The van der Waals surface area contributed by atoms with Crippen molar-refractivity contribution >= 4 is 11.6 Å². The molecule has 0 radical (unpaired) electrons. The van der Waals surface area contributed by atoms with Crippen LogP contribution < -0.4 is 4.74 Å². The van der Waals surface area contributed by atoms with Gasteiger partial charge in [-0.05, 0) is 42.3 Å². The van der Waals surface area contributed by atoms with Crippen LogP contribution in [0.2, 0.25) is 5.28 Å². The number of methoxy groups -OCH3 is 1. The van der Waals surface area contributed by atoms with Crippen molar-refractivity contribution in [1.82, 2.24) is 14.8 Å². The molecule has 0 spiro atoms. The average molecular weight is 252 g/mol. The van der Waals surface area contributed by atoms with Gasteiger partial charge in [-0.2, -0.15) is 0 Å². The third kappa shape index (κ3) is 2.42. The van der Waals surface area contributed by atoms with E-state index in [1.54, 1.807) is 7.11 Å². The fourth-order valence-electron chi connectivity index (χ4n) is 1.67. The van der Waals surface area contributed by atoms with Gasteiger partial charge in [-0.15, -0.1) is 10.2 Å². The smallest absolute Gasteiger partial charge is 0.229 e. The number of aromatic nitrogens is 3. The SMILES string of the molecule is CCCc1nnc(Cl)n1-c1ccc(OC)cc1. The number of aryl methyl sites for hydroxylation is 1. The Morgan fingerprint density at radius 2 is 1.94 bits per heavy atom. The molecular weight excluding hydrogens is 238 g/mol. The number of hydrogen-bond acceptors (Lipinski definition) is 3. The Kier molecular flexibility index (Phi) is 3.64. The van der Waals surface area contributed by atoms with Crippen molar-refractivity contribution in [3.05, 3.63) is 35.4 Å². The van der Waals surface area contributed by atoms with Gasteiger partial charge in [-0.1, -0.05) is 6.92 Å². The highest BCUT2D eigenvalue weighted by Crippen LogP contribution is 2.20. The van der Waals surface area contributed by atoms with Crippen LogP contribution in [-0.4, -0.2) is 21.9 Å². The molecule has 0 amide bonds. The summed E-state index contributed by atoms with van der Waals surface area (Å²) in [5.74, 6) is 1.69. The van der Waals surface area contributed by atoms with Crippen LogP contribution in [0.15, 0.2) is 24.3 Å². The van der Waals surface area contributed by atoms with Crippen LogP contribution in [0.5, 0.6) is 5.75 Å². The van der Waals surface area contributed by atoms with Crippen LogP contribution in [0.25, 0.3) is 5.69 Å². The molecule has 0 atom stereocenters. The first kappa shape index (κ1) is 11.9. The van der Waals surface area contributed by atoms with Crippen molar-refractivity contribution in [1.29, 1.82) is 0 Å². The molecule has 0 aliphatic carbocycles. The number of ether oxygens (including phenoxy) is 1. The maximum Gasteiger partial charge on any atom is 0.229 e. The van der Waals surface area contributed by atoms with Gasteiger partial charge in [0.2, 0.25) is 5.28 Å². The average Bonchev–Trinajstić information content (AvgIpc) is 2.71. The number of halogens is 1. The van der Waals surface area contributed by atoms with Crippen LogP contribution in [-0.2, 0) is 6.42 Å². The zero-order valence-corrected chi connectivity index (χ0v) is 10.6. The molecule has 5 heteroatoms. The van der Waals surface area contributed by atoms with Crippen molar-refractivity contribution in [2.75, 3.05) is 7.11 Å². The number of nitrogens with zero attached hydrogens (tertiary/aromatic N) is 3. The fraction of sp³-hybridized carbons (Fsp3) is 0.333. The van der Waals surface area contributed by atoms with Crippen molar-refractivity contribution in [2.24, 2.45) is 0 Å². The zero-order chi connectivity index (χ0) is 12.3. The Labute approximate surface area is 105 Å². The molecule has 0 bridgehead atoms. The highest BCUT2D eigenvalue weighted by molar-refractivity contribution is 6.28. The molecule has 2 aromatic rings. The summed E-state index contributed by atoms with van der Waals surface area (Å²) < 4.78 is 6.97. The Morgan fingerprint density at radius 1 is 1.24 bits per heavy atom. The van der Waals surface area contributed by atoms with E-state index in [0.29, 0.717) is 5.28 Å². The first-order chi connectivity index (χ1) is 8.26. The molecule has 0 fully saturated rings. The minimum atomic E-state index is 0.388. The first-order valence-electron chi connectivity index (χ1n) is 5.50. The van der Waals surface area contributed by atoms with Gasteiger partial charge < -0.3 is 4.74 Å². The van der Waals surface area contributed by atoms with E-state index in [9.17, 15) is 0 Å². The second-order valence-electron chi connectivity index (χ2n) is 3.67. The van der Waals surface area contributed by atoms with E-state index in [1.807, 2.05) is 28.8 Å². The summed E-state index contributed by atoms with van der Waals surface area (Å²) in [7, 11) is 1.64. The van der Waals surface area contributed by atoms with Gasteiger partial charge >= 0.3 is 0 Å². The Morgan fingerprint density at radius 3 is 2.53 bits per heavy atom. The van der Waals surface area contributed by atoms with E-state index in [4.69, 9.17) is 16.3 Å². The second kappa shape index (κ2) is 5.19. The monoisotopic (exact) mass is 251 g/mol. The summed E-state index contributed by atoms with van der Waals surface area (Å²) in [6.07, 6.45) is 1.86. The lowest BCUT2D eigenvalue weighted by Crippen LogP contribution is -2.01. The summed E-state index contributed by atoms with van der Waals surface area (Å²) in [6.45, 7) is 2.10. The van der Waals surface area contributed by atoms with E-state index in [-0.39, 0.29) is 0 Å². The molecule has 1 aromatic heterocycles. The molecule has 0 saturated heterocycles. The Hall–Kier alpha value is -1.55. The molecule has 0 N–H and O–H groups in total. The Balaban J connectivity index is 2.40. The van der Waals surface area contributed by atoms with E-state index in [0.717, 1.165) is 30.1 Å². The molecule has 90 valence electrons. The summed E-state index contributed by atoms with van der Waals surface area (Å²) in [4.78, 5) is 0. The lowest BCUT2D eigenvalue weighted by atomic mass is 10.2. The quantitative estimate of drug-likeness (QED) is 0.839. The molecule has 1 heterocycles. The summed E-state index contributed by atoms with van der Waals surface area (Å²) in [6, 6.07) is 7.66. The molecule has 17 heavy (non-hydrogen) atoms. The Bertz CT molecular complexity index is 493. The van der Waals surface area contributed by atoms with Crippen molar-refractivity contribution in [3.63, 3.8) is 0 Å². The zero-order valence-electron chi connectivity index (χ0n) is 9.85. The van der Waals surface area contributed by atoms with Gasteiger partial charge in [-0.3, -0.25) is 4.57 Å². The van der Waals surface area contributed by atoms with Crippen molar-refractivity contribution < 1.29 is 4.74 Å². The van der Waals surface area contributed by atoms with Gasteiger partial charge in [0.05, 0.1) is 12.8 Å². The van der Waals surface area contributed by atoms with Crippen molar-refractivity contribution in [3.8, 4) is 11.4 Å². The van der Waals surface area contributed by atoms with E-state index >= 15 is 0 Å². The number of benzene rings is 1. The topological polar surface area (TPSA) is 39.9 Å². The van der Waals surface area contributed by atoms with Crippen molar-refractivity contribution in [2.45, 2.75) is 19.8 Å². The van der Waals surface area contributed by atoms with Crippen LogP contribution >= 0.6 is 11.6 Å². The number of rotatable bonds is 4. The first-order valence-corrected chi connectivity index (χ1v) is 5.88. The molecule has 0 saturated carbocycles. The van der Waals surface area contributed by atoms with Gasteiger partial charge in [0, 0.05) is 6.42 Å². The number of hydrogen-bond donors (Lipinski definition) is 0. The normalized spacial score (nSPS) is 10.5. The van der Waals surface area contributed by atoms with Crippen LogP contribution in [0.3, 0.4) is 0 Å². The van der Waals surface area contributed by atoms with Crippen LogP contribution in [0.4, 0.5) is 0 Å². The van der Waals surface area contributed by atoms with E-state index in [1.165, 1.54) is 0 Å². The standard InChI is InChI=1S/C12H14ClN3O/c1-3-4-11-14-15-12(13)16(11)9-5-7-10(17-2)8-6-9/h5-8H,3-4H2,1-2H3. The molecule has 1 aromatic carbocycles. The molecule has 4 nitrogen and oxygen atoms in total. The fourth-order valence-corrected chi connectivity index (χ4v) is 1.90. The van der Waals surface area contributed by atoms with Crippen LogP contribution in [0, 0.1) is 0 Å². The third-order valence-corrected chi connectivity index (χ3v) is 2.74. The molecule has 2 rings (SSSR count). The van der Waals surface area contributed by atoms with E-state index in [2.05, 4.69) is 17.1 Å². The maximum atomic E-state index is 6.05. The lowest BCUT2D eigenvalue weighted by molar-refractivity contribution is 0.414. The largest absolute Gasteiger partial charge is 0.497 e. The minimum Gasteiger partial charge on any atom is -0.497 e. The van der Waals surface area contributed by atoms with Gasteiger partial charge in [-0.25, -0.2) is 0 Å². The molecule has 0 aliphatic rings. The summed E-state index contributed by atoms with van der Waals surface area (Å²) in [5, 5.41) is 8.36. The lowest BCUT2D eigenvalue weighted by Gasteiger charge is -2.07. The maximum absolute atomic E-state index is 6.05. The highest BCUT2D eigenvalue weighted by Gasteiger charge is 2.11. The predicted octanol–water partition coefficient (Wildman–Crippen LogP) is 2.88. The highest BCUT2D eigenvalue weighted by atomic mass is 35.5. The second-order valence-corrected chi connectivity index (χ2v) is 4.01. The molecule has 0 aliphatic heterocycles. The van der Waals surface area contributed by atoms with Gasteiger partial charge in [0.1, 0.15) is 11.6 Å². The van der Waals surface area contributed by atoms with E-state index < -0.39 is 0 Å².